The second-order valence-electron chi connectivity index (χ2n) is 5.33. The molecule has 2 aromatic rings. The van der Waals surface area contributed by atoms with E-state index in [2.05, 4.69) is 45.1 Å². The highest BCUT2D eigenvalue weighted by molar-refractivity contribution is 6.28. The van der Waals surface area contributed by atoms with Crippen LogP contribution in [-0.4, -0.2) is 6.54 Å². The van der Waals surface area contributed by atoms with Crippen molar-refractivity contribution in [1.29, 1.82) is 0 Å². The number of hydrogen-bond donors (Lipinski definition) is 1. The van der Waals surface area contributed by atoms with Crippen LogP contribution in [-0.2, 0) is 6.42 Å². The van der Waals surface area contributed by atoms with Crippen molar-refractivity contribution >= 4 is 11.6 Å². The molecule has 0 amide bonds. The Morgan fingerprint density at radius 1 is 1.15 bits per heavy atom. The smallest absolute Gasteiger partial charge is 0.193 e. The topological polar surface area (TPSA) is 25.2 Å². The van der Waals surface area contributed by atoms with Crippen molar-refractivity contribution in [3.05, 3.63) is 57.5 Å². The molecular formula is C17H22ClNO. The van der Waals surface area contributed by atoms with Gasteiger partial charge in [0.15, 0.2) is 5.22 Å². The Morgan fingerprint density at radius 2 is 1.80 bits per heavy atom. The minimum Gasteiger partial charge on any atom is -0.448 e. The Bertz CT molecular complexity index is 565. The van der Waals surface area contributed by atoms with E-state index in [0.29, 0.717) is 5.22 Å². The van der Waals surface area contributed by atoms with Crippen molar-refractivity contribution in [2.75, 3.05) is 6.54 Å². The van der Waals surface area contributed by atoms with Crippen LogP contribution in [0.4, 0.5) is 0 Å². The van der Waals surface area contributed by atoms with Crippen LogP contribution >= 0.6 is 11.6 Å². The Kier molecular flexibility index (Phi) is 4.90. The van der Waals surface area contributed by atoms with Crippen LogP contribution in [0, 0.1) is 20.8 Å². The van der Waals surface area contributed by atoms with Gasteiger partial charge in [-0.15, -0.1) is 0 Å². The zero-order valence-electron chi connectivity index (χ0n) is 12.6. The highest BCUT2D eigenvalue weighted by Gasteiger charge is 2.17. The summed E-state index contributed by atoms with van der Waals surface area (Å²) in [6.45, 7) is 9.48. The van der Waals surface area contributed by atoms with Gasteiger partial charge in [0.2, 0.25) is 0 Å². The maximum absolute atomic E-state index is 5.90. The average molecular weight is 292 g/mol. The fraction of sp³-hybridized carbons (Fsp3) is 0.412. The van der Waals surface area contributed by atoms with Crippen molar-refractivity contribution < 1.29 is 4.42 Å². The predicted molar refractivity (Wildman–Crippen MR) is 84.5 cm³/mol. The van der Waals surface area contributed by atoms with Gasteiger partial charge in [-0.25, -0.2) is 0 Å². The second-order valence-corrected chi connectivity index (χ2v) is 5.71. The molecule has 2 rings (SSSR count). The summed E-state index contributed by atoms with van der Waals surface area (Å²) in [7, 11) is 0. The van der Waals surface area contributed by atoms with Gasteiger partial charge in [0, 0.05) is 0 Å². The zero-order chi connectivity index (χ0) is 14.7. The minimum atomic E-state index is 0.160. The molecule has 0 radical (unpaired) electrons. The summed E-state index contributed by atoms with van der Waals surface area (Å²) in [5.41, 5.74) is 5.37. The van der Waals surface area contributed by atoms with Gasteiger partial charge in [-0.05, 0) is 74.2 Å². The van der Waals surface area contributed by atoms with Gasteiger partial charge in [-0.1, -0.05) is 24.6 Å². The molecule has 0 fully saturated rings. The summed E-state index contributed by atoms with van der Waals surface area (Å²) in [5, 5.41) is 3.92. The molecule has 1 unspecified atom stereocenters. The normalized spacial score (nSPS) is 12.7. The lowest BCUT2D eigenvalue weighted by molar-refractivity contribution is 0.416. The third kappa shape index (κ3) is 3.44. The largest absolute Gasteiger partial charge is 0.448 e. The molecule has 0 aliphatic heterocycles. The van der Waals surface area contributed by atoms with E-state index in [0.717, 1.165) is 18.7 Å². The maximum Gasteiger partial charge on any atom is 0.193 e. The van der Waals surface area contributed by atoms with E-state index < -0.39 is 0 Å². The third-order valence-corrected chi connectivity index (χ3v) is 3.84. The van der Waals surface area contributed by atoms with Gasteiger partial charge < -0.3 is 9.73 Å². The van der Waals surface area contributed by atoms with Gasteiger partial charge in [-0.2, -0.15) is 0 Å². The molecule has 0 bridgehead atoms. The van der Waals surface area contributed by atoms with Crippen LogP contribution in [0.5, 0.6) is 0 Å². The standard InChI is InChI=1S/C17H22ClNO/c1-5-19-15(16-6-7-17(18)20-16)10-14-12(3)8-11(2)9-13(14)4/h6-9,15,19H,5,10H2,1-4H3. The molecule has 20 heavy (non-hydrogen) atoms. The SMILES string of the molecule is CCNC(Cc1c(C)cc(C)cc1C)c1ccc(Cl)o1. The van der Waals surface area contributed by atoms with Gasteiger partial charge in [-0.3, -0.25) is 0 Å². The van der Waals surface area contributed by atoms with E-state index in [1.807, 2.05) is 6.07 Å². The van der Waals surface area contributed by atoms with E-state index in [4.69, 9.17) is 16.0 Å². The number of furan rings is 1. The first-order chi connectivity index (χ1) is 9.51. The molecule has 1 N–H and O–H groups in total. The molecule has 108 valence electrons. The van der Waals surface area contributed by atoms with Crippen molar-refractivity contribution in [3.63, 3.8) is 0 Å². The highest BCUT2D eigenvalue weighted by Crippen LogP contribution is 2.26. The summed E-state index contributed by atoms with van der Waals surface area (Å²) < 4.78 is 5.58. The number of benzene rings is 1. The average Bonchev–Trinajstić information content (AvgIpc) is 2.79. The number of halogens is 1. The first kappa shape index (κ1) is 15.1. The monoisotopic (exact) mass is 291 g/mol. The molecule has 1 atom stereocenters. The van der Waals surface area contributed by atoms with Crippen LogP contribution in [0.3, 0.4) is 0 Å². The van der Waals surface area contributed by atoms with E-state index >= 15 is 0 Å². The molecule has 3 heteroatoms. The molecule has 2 nitrogen and oxygen atoms in total. The molecule has 1 aromatic heterocycles. The van der Waals surface area contributed by atoms with Gasteiger partial charge in [0.1, 0.15) is 5.76 Å². The van der Waals surface area contributed by atoms with Crippen molar-refractivity contribution in [3.8, 4) is 0 Å². The number of rotatable bonds is 5. The quantitative estimate of drug-likeness (QED) is 0.860. The number of likely N-dealkylation sites (N-methyl/N-ethyl adjacent to an activating group) is 1. The lowest BCUT2D eigenvalue weighted by Gasteiger charge is -2.19. The van der Waals surface area contributed by atoms with Crippen molar-refractivity contribution in [1.82, 2.24) is 5.32 Å². The lowest BCUT2D eigenvalue weighted by Crippen LogP contribution is -2.23. The van der Waals surface area contributed by atoms with Crippen LogP contribution in [0.15, 0.2) is 28.7 Å². The summed E-state index contributed by atoms with van der Waals surface area (Å²) in [5.74, 6) is 0.899. The van der Waals surface area contributed by atoms with E-state index in [1.54, 1.807) is 6.07 Å². The van der Waals surface area contributed by atoms with Gasteiger partial charge in [0.05, 0.1) is 6.04 Å². The number of nitrogens with one attached hydrogen (secondary N) is 1. The Labute approximate surface area is 126 Å². The molecule has 1 aromatic carbocycles. The van der Waals surface area contributed by atoms with Gasteiger partial charge >= 0.3 is 0 Å². The Morgan fingerprint density at radius 3 is 2.30 bits per heavy atom. The molecule has 0 aliphatic carbocycles. The summed E-state index contributed by atoms with van der Waals surface area (Å²) in [4.78, 5) is 0. The van der Waals surface area contributed by atoms with Crippen molar-refractivity contribution in [2.24, 2.45) is 0 Å². The van der Waals surface area contributed by atoms with Crippen LogP contribution < -0.4 is 5.32 Å². The summed E-state index contributed by atoms with van der Waals surface area (Å²) in [6.07, 6.45) is 0.912. The Balaban J connectivity index is 2.29. The zero-order valence-corrected chi connectivity index (χ0v) is 13.3. The van der Waals surface area contributed by atoms with E-state index in [1.165, 1.54) is 22.3 Å². The molecule has 0 aliphatic rings. The van der Waals surface area contributed by atoms with Crippen LogP contribution in [0.2, 0.25) is 5.22 Å². The van der Waals surface area contributed by atoms with E-state index in [-0.39, 0.29) is 6.04 Å². The fourth-order valence-electron chi connectivity index (χ4n) is 2.77. The first-order valence-electron chi connectivity index (χ1n) is 7.06. The molecule has 1 heterocycles. The predicted octanol–water partition coefficient (Wildman–Crippen LogP) is 4.75. The molecule has 0 saturated heterocycles. The fourth-order valence-corrected chi connectivity index (χ4v) is 2.92. The lowest BCUT2D eigenvalue weighted by atomic mass is 9.93. The molecule has 0 saturated carbocycles. The third-order valence-electron chi connectivity index (χ3n) is 3.64. The van der Waals surface area contributed by atoms with Crippen LogP contribution in [0.1, 0.15) is 41.0 Å². The second kappa shape index (κ2) is 6.47. The first-order valence-corrected chi connectivity index (χ1v) is 7.44. The van der Waals surface area contributed by atoms with Crippen LogP contribution in [0.25, 0.3) is 0 Å². The molecule has 0 spiro atoms. The van der Waals surface area contributed by atoms with Gasteiger partial charge in [0.25, 0.3) is 0 Å². The summed E-state index contributed by atoms with van der Waals surface area (Å²) in [6, 6.07) is 8.39. The highest BCUT2D eigenvalue weighted by atomic mass is 35.5. The summed E-state index contributed by atoms with van der Waals surface area (Å²) >= 11 is 5.90. The maximum atomic E-state index is 5.90. The molecular weight excluding hydrogens is 270 g/mol. The van der Waals surface area contributed by atoms with E-state index in [9.17, 15) is 0 Å². The number of aryl methyl sites for hydroxylation is 3. The Hall–Kier alpha value is -1.25. The number of hydrogen-bond acceptors (Lipinski definition) is 2. The minimum absolute atomic E-state index is 0.160. The van der Waals surface area contributed by atoms with Crippen molar-refractivity contribution in [2.45, 2.75) is 40.2 Å².